The summed E-state index contributed by atoms with van der Waals surface area (Å²) >= 11 is 0. The van der Waals surface area contributed by atoms with Crippen molar-refractivity contribution < 1.29 is 18.0 Å². The fourth-order valence-electron chi connectivity index (χ4n) is 1.27. The number of rotatable bonds is 3. The minimum atomic E-state index is -4.53. The zero-order chi connectivity index (χ0) is 13.1. The first-order valence-electron chi connectivity index (χ1n) is 4.69. The predicted octanol–water partition coefficient (Wildman–Crippen LogP) is 4.24. The summed E-state index contributed by atoms with van der Waals surface area (Å²) in [4.78, 5) is 13.8. The summed E-state index contributed by atoms with van der Waals surface area (Å²) in [6.45, 7) is 1.57. The number of nitrogens with zero attached hydrogens (tertiary/aromatic N) is 3. The van der Waals surface area contributed by atoms with E-state index in [1.807, 2.05) is 0 Å². The molecule has 0 spiro atoms. The average molecular weight is 243 g/mol. The first kappa shape index (κ1) is 13.1. The normalized spacial score (nSPS) is 10.8. The molecule has 1 aromatic carbocycles. The van der Waals surface area contributed by atoms with Crippen LogP contribution in [0, 0.1) is 0 Å². The lowest BCUT2D eigenvalue weighted by molar-refractivity contribution is -0.137. The molecule has 0 aliphatic heterocycles. The van der Waals surface area contributed by atoms with Gasteiger partial charge in [0.15, 0.2) is 5.78 Å². The molecule has 4 nitrogen and oxygen atoms in total. The van der Waals surface area contributed by atoms with Crippen molar-refractivity contribution in [2.75, 3.05) is 0 Å². The molecule has 1 aromatic rings. The van der Waals surface area contributed by atoms with Crippen molar-refractivity contribution in [2.45, 2.75) is 19.5 Å². The molecule has 17 heavy (non-hydrogen) atoms. The lowest BCUT2D eigenvalue weighted by Gasteiger charge is -2.09. The molecular formula is C10H8F3N3O. The topological polar surface area (TPSA) is 65.8 Å². The van der Waals surface area contributed by atoms with Crippen LogP contribution in [0.5, 0.6) is 0 Å². The monoisotopic (exact) mass is 243 g/mol. The second kappa shape index (κ2) is 4.88. The molecule has 0 amide bonds. The van der Waals surface area contributed by atoms with Crippen molar-refractivity contribution in [1.29, 1.82) is 0 Å². The Hall–Kier alpha value is -2.01. The Morgan fingerprint density at radius 2 is 2.12 bits per heavy atom. The average Bonchev–Trinajstić information content (AvgIpc) is 2.27. The molecule has 1 rings (SSSR count). The lowest BCUT2D eigenvalue weighted by Crippen LogP contribution is -2.06. The van der Waals surface area contributed by atoms with Crippen LogP contribution in [0.2, 0.25) is 0 Å². The van der Waals surface area contributed by atoms with E-state index in [2.05, 4.69) is 10.0 Å². The smallest absolute Gasteiger partial charge is 0.294 e. The molecule has 7 heteroatoms. The third kappa shape index (κ3) is 2.98. The Kier molecular flexibility index (Phi) is 3.75. The van der Waals surface area contributed by atoms with E-state index in [0.717, 1.165) is 12.1 Å². The van der Waals surface area contributed by atoms with E-state index in [-0.39, 0.29) is 23.5 Å². The summed E-state index contributed by atoms with van der Waals surface area (Å²) in [5.74, 6) is -0.374. The maximum absolute atomic E-state index is 12.4. The first-order valence-corrected chi connectivity index (χ1v) is 4.69. The van der Waals surface area contributed by atoms with Crippen LogP contribution in [0.3, 0.4) is 0 Å². The molecular weight excluding hydrogens is 235 g/mol. The van der Waals surface area contributed by atoms with Crippen LogP contribution >= 0.6 is 0 Å². The number of azide groups is 1. The van der Waals surface area contributed by atoms with Gasteiger partial charge in [0.2, 0.25) is 0 Å². The zero-order valence-electron chi connectivity index (χ0n) is 8.82. The maximum Gasteiger partial charge on any atom is 0.416 e. The number of alkyl halides is 3. The van der Waals surface area contributed by atoms with Gasteiger partial charge in [-0.25, -0.2) is 0 Å². The molecule has 0 fully saturated rings. The fourth-order valence-corrected chi connectivity index (χ4v) is 1.27. The van der Waals surface area contributed by atoms with Crippen LogP contribution in [-0.4, -0.2) is 5.78 Å². The summed E-state index contributed by atoms with van der Waals surface area (Å²) in [7, 11) is 0. The first-order chi connectivity index (χ1) is 7.90. The number of carbonyl (C=O) groups excluding carboxylic acids is 1. The Balaban J connectivity index is 3.37. The van der Waals surface area contributed by atoms with Gasteiger partial charge in [0.25, 0.3) is 0 Å². The molecule has 0 aliphatic rings. The Labute approximate surface area is 94.7 Å². The van der Waals surface area contributed by atoms with Crippen LogP contribution in [0.15, 0.2) is 23.3 Å². The molecule has 0 N–H and O–H groups in total. The highest BCUT2D eigenvalue weighted by atomic mass is 19.4. The molecule has 0 saturated carbocycles. The van der Waals surface area contributed by atoms with E-state index < -0.39 is 11.7 Å². The second-order valence-corrected chi connectivity index (χ2v) is 3.20. The maximum atomic E-state index is 12.4. The van der Waals surface area contributed by atoms with Crippen molar-refractivity contribution in [1.82, 2.24) is 0 Å². The third-order valence-electron chi connectivity index (χ3n) is 2.10. The van der Waals surface area contributed by atoms with Crippen molar-refractivity contribution in [2.24, 2.45) is 5.11 Å². The lowest BCUT2D eigenvalue weighted by atomic mass is 10.0. The van der Waals surface area contributed by atoms with Crippen LogP contribution in [0.25, 0.3) is 10.4 Å². The molecule has 0 radical (unpaired) electrons. The van der Waals surface area contributed by atoms with Gasteiger partial charge in [0.1, 0.15) is 0 Å². The summed E-state index contributed by atoms with van der Waals surface area (Å²) in [5, 5.41) is 3.11. The number of carbonyl (C=O) groups is 1. The molecule has 0 aliphatic carbocycles. The van der Waals surface area contributed by atoms with Crippen LogP contribution in [0.1, 0.15) is 29.3 Å². The van der Waals surface area contributed by atoms with Crippen LogP contribution in [-0.2, 0) is 6.18 Å². The van der Waals surface area contributed by atoms with E-state index in [9.17, 15) is 18.0 Å². The van der Waals surface area contributed by atoms with Crippen molar-refractivity contribution >= 4 is 11.5 Å². The zero-order valence-corrected chi connectivity index (χ0v) is 8.82. The Bertz CT molecular complexity index is 490. The van der Waals surface area contributed by atoms with Gasteiger partial charge in [-0.15, -0.1) is 0 Å². The van der Waals surface area contributed by atoms with E-state index >= 15 is 0 Å². The van der Waals surface area contributed by atoms with Gasteiger partial charge in [-0.1, -0.05) is 18.1 Å². The van der Waals surface area contributed by atoms with Crippen LogP contribution in [0.4, 0.5) is 18.9 Å². The van der Waals surface area contributed by atoms with E-state index in [4.69, 9.17) is 5.53 Å². The van der Waals surface area contributed by atoms with Gasteiger partial charge in [0, 0.05) is 22.6 Å². The Morgan fingerprint density at radius 3 is 2.59 bits per heavy atom. The van der Waals surface area contributed by atoms with Gasteiger partial charge < -0.3 is 0 Å². The number of Topliss-reactive ketones (excluding diaryl/α,β-unsaturated/α-hetero) is 1. The summed E-state index contributed by atoms with van der Waals surface area (Å²) < 4.78 is 37.2. The Morgan fingerprint density at radius 1 is 1.47 bits per heavy atom. The van der Waals surface area contributed by atoms with E-state index in [1.54, 1.807) is 6.92 Å². The van der Waals surface area contributed by atoms with Crippen molar-refractivity contribution in [3.63, 3.8) is 0 Å². The van der Waals surface area contributed by atoms with Gasteiger partial charge in [-0.05, 0) is 17.7 Å². The van der Waals surface area contributed by atoms with Crippen LogP contribution < -0.4 is 0 Å². The van der Waals surface area contributed by atoms with Crippen molar-refractivity contribution in [3.05, 3.63) is 39.8 Å². The number of benzene rings is 1. The second-order valence-electron chi connectivity index (χ2n) is 3.20. The summed E-state index contributed by atoms with van der Waals surface area (Å²) in [6, 6.07) is 2.49. The standard InChI is InChI=1S/C10H8F3N3O/c1-2-9(17)7-4-3-6(10(11,12)13)5-8(7)15-16-14/h3-5H,2H2,1H3. The van der Waals surface area contributed by atoms with E-state index in [1.165, 1.54) is 0 Å². The van der Waals surface area contributed by atoms with Gasteiger partial charge in [-0.2, -0.15) is 13.2 Å². The summed E-state index contributed by atoms with van der Waals surface area (Å²) in [6.07, 6.45) is -4.41. The van der Waals surface area contributed by atoms with E-state index in [0.29, 0.717) is 6.07 Å². The number of halogens is 3. The predicted molar refractivity (Wildman–Crippen MR) is 54.9 cm³/mol. The fraction of sp³-hybridized carbons (Fsp3) is 0.300. The third-order valence-corrected chi connectivity index (χ3v) is 2.10. The van der Waals surface area contributed by atoms with Gasteiger partial charge in [-0.3, -0.25) is 4.79 Å². The minimum absolute atomic E-state index is 0.00157. The highest BCUT2D eigenvalue weighted by molar-refractivity contribution is 6.00. The molecule has 0 saturated heterocycles. The number of hydrogen-bond acceptors (Lipinski definition) is 2. The highest BCUT2D eigenvalue weighted by Crippen LogP contribution is 2.33. The summed E-state index contributed by atoms with van der Waals surface area (Å²) in [5.41, 5.74) is 7.01. The largest absolute Gasteiger partial charge is 0.416 e. The molecule has 0 aromatic heterocycles. The van der Waals surface area contributed by atoms with Gasteiger partial charge in [0.05, 0.1) is 5.56 Å². The number of hydrogen-bond donors (Lipinski definition) is 0. The molecule has 90 valence electrons. The minimum Gasteiger partial charge on any atom is -0.294 e. The molecule has 0 unspecified atom stereocenters. The molecule has 0 atom stereocenters. The van der Waals surface area contributed by atoms with Crippen molar-refractivity contribution in [3.8, 4) is 0 Å². The molecule has 0 bridgehead atoms. The number of ketones is 1. The highest BCUT2D eigenvalue weighted by Gasteiger charge is 2.31. The molecule has 0 heterocycles. The SMILES string of the molecule is CCC(=O)c1ccc(C(F)(F)F)cc1N=[N+]=[N-]. The quantitative estimate of drug-likeness (QED) is 0.339. The van der Waals surface area contributed by atoms with Gasteiger partial charge >= 0.3 is 6.18 Å².